The van der Waals surface area contributed by atoms with Crippen molar-refractivity contribution < 1.29 is 4.79 Å². The number of rotatable bonds is 1. The number of carbonyl (C=O) groups is 1. The maximum atomic E-state index is 9.47. The van der Waals surface area contributed by atoms with Crippen LogP contribution in [0.4, 0.5) is 0 Å². The molecule has 0 fully saturated rings. The predicted molar refractivity (Wildman–Crippen MR) is 55.3 cm³/mol. The molecule has 13 heavy (non-hydrogen) atoms. The van der Waals surface area contributed by atoms with Crippen molar-refractivity contribution in [2.75, 3.05) is 0 Å². The monoisotopic (exact) mass is 177 g/mol. The number of amides is 1. The third-order valence-electron chi connectivity index (χ3n) is 1.37. The van der Waals surface area contributed by atoms with Crippen LogP contribution in [0.15, 0.2) is 36.9 Å². The Morgan fingerprint density at radius 2 is 1.77 bits per heavy atom. The first-order valence-electron chi connectivity index (χ1n) is 4.01. The summed E-state index contributed by atoms with van der Waals surface area (Å²) in [6.07, 6.45) is 1.06. The van der Waals surface area contributed by atoms with Crippen molar-refractivity contribution in [2.45, 2.75) is 13.8 Å². The van der Waals surface area contributed by atoms with Crippen LogP contribution in [-0.2, 0) is 4.79 Å². The van der Waals surface area contributed by atoms with Gasteiger partial charge in [0.15, 0.2) is 0 Å². The summed E-state index contributed by atoms with van der Waals surface area (Å²) in [7, 11) is 0. The second-order valence-electron chi connectivity index (χ2n) is 2.76. The Kier molecular flexibility index (Phi) is 5.28. The molecule has 0 heterocycles. The van der Waals surface area contributed by atoms with Gasteiger partial charge in [0.25, 0.3) is 0 Å². The van der Waals surface area contributed by atoms with E-state index in [2.05, 4.69) is 50.4 Å². The van der Waals surface area contributed by atoms with E-state index in [-0.39, 0.29) is 0 Å². The first-order chi connectivity index (χ1) is 6.06. The number of nitrogens with two attached hydrogens (primary N) is 1. The Morgan fingerprint density at radius 1 is 1.38 bits per heavy atom. The fourth-order valence-corrected chi connectivity index (χ4v) is 0.807. The fourth-order valence-electron chi connectivity index (χ4n) is 0.807. The summed E-state index contributed by atoms with van der Waals surface area (Å²) in [5, 5.41) is 0. The van der Waals surface area contributed by atoms with E-state index in [1.54, 1.807) is 0 Å². The van der Waals surface area contributed by atoms with E-state index in [1.165, 1.54) is 11.1 Å². The zero-order chi connectivity index (χ0) is 10.3. The van der Waals surface area contributed by atoms with Crippen LogP contribution in [0, 0.1) is 13.8 Å². The minimum Gasteiger partial charge on any atom is -0.366 e. The fraction of sp³-hybridized carbons (Fsp3) is 0.182. The topological polar surface area (TPSA) is 43.1 Å². The zero-order valence-electron chi connectivity index (χ0n) is 8.08. The predicted octanol–water partition coefficient (Wildman–Crippen LogP) is 1.96. The third-order valence-corrected chi connectivity index (χ3v) is 1.37. The lowest BCUT2D eigenvalue weighted by atomic mass is 10.2. The molecule has 0 saturated heterocycles. The highest BCUT2D eigenvalue weighted by atomic mass is 16.1. The van der Waals surface area contributed by atoms with Gasteiger partial charge in [-0.3, -0.25) is 4.79 Å². The standard InChI is InChI=1S/C8H10.C3H5NO/c1-7-4-3-5-8(2)6-7;1-2-3(4)5/h3-6H,1-2H3;2H,1H2,(H2,4,5). The van der Waals surface area contributed by atoms with E-state index < -0.39 is 5.91 Å². The molecule has 2 heteroatoms. The Hall–Kier alpha value is -1.57. The van der Waals surface area contributed by atoms with E-state index in [0.717, 1.165) is 6.08 Å². The lowest BCUT2D eigenvalue weighted by Crippen LogP contribution is -2.04. The van der Waals surface area contributed by atoms with Crippen LogP contribution < -0.4 is 5.73 Å². The lowest BCUT2D eigenvalue weighted by Gasteiger charge is -1.90. The summed E-state index contributed by atoms with van der Waals surface area (Å²) >= 11 is 0. The van der Waals surface area contributed by atoms with Crippen molar-refractivity contribution in [3.05, 3.63) is 48.0 Å². The van der Waals surface area contributed by atoms with Crippen LogP contribution in [-0.4, -0.2) is 5.91 Å². The smallest absolute Gasteiger partial charge is 0.240 e. The van der Waals surface area contributed by atoms with Gasteiger partial charge in [-0.15, -0.1) is 0 Å². The van der Waals surface area contributed by atoms with Gasteiger partial charge in [0.1, 0.15) is 0 Å². The van der Waals surface area contributed by atoms with E-state index in [4.69, 9.17) is 0 Å². The van der Waals surface area contributed by atoms with Crippen molar-refractivity contribution in [2.24, 2.45) is 5.73 Å². The number of hydrogen-bond donors (Lipinski definition) is 1. The molecular formula is C11H15NO. The lowest BCUT2D eigenvalue weighted by molar-refractivity contribution is -0.113. The van der Waals surface area contributed by atoms with Crippen LogP contribution in [0.5, 0.6) is 0 Å². The van der Waals surface area contributed by atoms with Crippen molar-refractivity contribution in [3.8, 4) is 0 Å². The van der Waals surface area contributed by atoms with Gasteiger partial charge in [-0.25, -0.2) is 0 Å². The summed E-state index contributed by atoms with van der Waals surface area (Å²) < 4.78 is 0. The van der Waals surface area contributed by atoms with E-state index >= 15 is 0 Å². The molecule has 70 valence electrons. The van der Waals surface area contributed by atoms with Gasteiger partial charge in [0, 0.05) is 0 Å². The third kappa shape index (κ3) is 6.81. The van der Waals surface area contributed by atoms with Crippen molar-refractivity contribution >= 4 is 5.91 Å². The molecule has 1 aromatic carbocycles. The molecule has 1 aromatic rings. The number of benzene rings is 1. The van der Waals surface area contributed by atoms with Gasteiger partial charge in [-0.1, -0.05) is 42.0 Å². The maximum Gasteiger partial charge on any atom is 0.240 e. The van der Waals surface area contributed by atoms with Gasteiger partial charge >= 0.3 is 0 Å². The molecule has 0 aliphatic rings. The second kappa shape index (κ2) is 6.00. The van der Waals surface area contributed by atoms with Gasteiger partial charge in [0.2, 0.25) is 5.91 Å². The highest BCUT2D eigenvalue weighted by Gasteiger charge is 1.80. The van der Waals surface area contributed by atoms with Gasteiger partial charge < -0.3 is 5.73 Å². The summed E-state index contributed by atoms with van der Waals surface area (Å²) in [4.78, 5) is 9.47. The number of hydrogen-bond acceptors (Lipinski definition) is 1. The normalized spacial score (nSPS) is 8.15. The minimum absolute atomic E-state index is 0.481. The molecule has 1 amide bonds. The Labute approximate surface area is 79.1 Å². The highest BCUT2D eigenvalue weighted by molar-refractivity contribution is 5.84. The number of primary amides is 1. The molecule has 0 aromatic heterocycles. The van der Waals surface area contributed by atoms with E-state index in [0.29, 0.717) is 0 Å². The number of carbonyl (C=O) groups excluding carboxylic acids is 1. The van der Waals surface area contributed by atoms with Crippen LogP contribution in [0.1, 0.15) is 11.1 Å². The maximum absolute atomic E-state index is 9.47. The average Bonchev–Trinajstić information content (AvgIpc) is 2.05. The van der Waals surface area contributed by atoms with Crippen LogP contribution in [0.3, 0.4) is 0 Å². The second-order valence-corrected chi connectivity index (χ2v) is 2.76. The van der Waals surface area contributed by atoms with Gasteiger partial charge in [0.05, 0.1) is 0 Å². The Morgan fingerprint density at radius 3 is 1.92 bits per heavy atom. The molecule has 1 rings (SSSR count). The van der Waals surface area contributed by atoms with E-state index in [1.807, 2.05) is 0 Å². The Bertz CT molecular complexity index is 275. The highest BCUT2D eigenvalue weighted by Crippen LogP contribution is 2.00. The first kappa shape index (κ1) is 11.4. The van der Waals surface area contributed by atoms with Crippen molar-refractivity contribution in [1.82, 2.24) is 0 Å². The molecule has 2 nitrogen and oxygen atoms in total. The van der Waals surface area contributed by atoms with E-state index in [9.17, 15) is 4.79 Å². The summed E-state index contributed by atoms with van der Waals surface area (Å²) in [5.74, 6) is -0.481. The molecule has 0 spiro atoms. The summed E-state index contributed by atoms with van der Waals surface area (Å²) in [6, 6.07) is 8.45. The minimum atomic E-state index is -0.481. The van der Waals surface area contributed by atoms with Crippen LogP contribution in [0.2, 0.25) is 0 Å². The molecule has 0 bridgehead atoms. The van der Waals surface area contributed by atoms with Gasteiger partial charge in [-0.2, -0.15) is 0 Å². The summed E-state index contributed by atoms with van der Waals surface area (Å²) in [5.41, 5.74) is 7.21. The molecule has 0 atom stereocenters. The molecule has 0 unspecified atom stereocenters. The quantitative estimate of drug-likeness (QED) is 0.655. The summed E-state index contributed by atoms with van der Waals surface area (Å²) in [6.45, 7) is 7.29. The van der Waals surface area contributed by atoms with Gasteiger partial charge in [-0.05, 0) is 19.9 Å². The first-order valence-corrected chi connectivity index (χ1v) is 4.01. The molecule has 2 N–H and O–H groups in total. The Balaban J connectivity index is 0.000000252. The molecule has 0 aliphatic heterocycles. The number of aryl methyl sites for hydroxylation is 2. The van der Waals surface area contributed by atoms with Crippen molar-refractivity contribution in [3.63, 3.8) is 0 Å². The zero-order valence-corrected chi connectivity index (χ0v) is 8.08. The largest absolute Gasteiger partial charge is 0.366 e. The SMILES string of the molecule is C=CC(N)=O.Cc1cccc(C)c1. The van der Waals surface area contributed by atoms with Crippen LogP contribution in [0.25, 0.3) is 0 Å². The molecule has 0 saturated carbocycles. The molecular weight excluding hydrogens is 162 g/mol. The van der Waals surface area contributed by atoms with Crippen LogP contribution >= 0.6 is 0 Å². The van der Waals surface area contributed by atoms with Crippen molar-refractivity contribution in [1.29, 1.82) is 0 Å². The average molecular weight is 177 g/mol. The molecule has 0 radical (unpaired) electrons. The molecule has 0 aliphatic carbocycles.